The molecule has 0 aromatic rings. The highest BCUT2D eigenvalue weighted by atomic mass is 16.5. The molecule has 0 aromatic carbocycles. The molecule has 2 fully saturated rings. The molecule has 1 unspecified atom stereocenters. The fourth-order valence-corrected chi connectivity index (χ4v) is 2.60. The lowest BCUT2D eigenvalue weighted by Gasteiger charge is -2.33. The molecule has 0 aliphatic carbocycles. The van der Waals surface area contributed by atoms with Gasteiger partial charge in [0.2, 0.25) is 5.91 Å². The van der Waals surface area contributed by atoms with Gasteiger partial charge in [-0.1, -0.05) is 0 Å². The fraction of sp³-hybridized carbons (Fsp3) is 0.923. The van der Waals surface area contributed by atoms with Gasteiger partial charge in [-0.2, -0.15) is 0 Å². The number of amides is 1. The van der Waals surface area contributed by atoms with Crippen LogP contribution in [0, 0.1) is 0 Å². The smallest absolute Gasteiger partial charge is 0.223 e. The molecule has 0 bridgehead atoms. The maximum atomic E-state index is 12.1. The van der Waals surface area contributed by atoms with Crippen LogP contribution in [0.4, 0.5) is 0 Å². The zero-order chi connectivity index (χ0) is 13.5. The highest BCUT2D eigenvalue weighted by molar-refractivity contribution is 5.76. The second kappa shape index (κ2) is 7.79. The van der Waals surface area contributed by atoms with Crippen LogP contribution in [0.5, 0.6) is 0 Å². The first-order valence-electron chi connectivity index (χ1n) is 7.11. The molecule has 0 radical (unpaired) electrons. The van der Waals surface area contributed by atoms with Gasteiger partial charge in [-0.05, 0) is 0 Å². The monoisotopic (exact) mass is 271 g/mol. The van der Waals surface area contributed by atoms with E-state index >= 15 is 0 Å². The highest BCUT2D eigenvalue weighted by Crippen LogP contribution is 2.07. The van der Waals surface area contributed by atoms with Crippen molar-refractivity contribution in [3.8, 4) is 0 Å². The molecule has 2 aliphatic heterocycles. The Bertz CT molecular complexity index is 280. The molecular formula is C13H25N3O3. The zero-order valence-electron chi connectivity index (χ0n) is 11.8. The number of rotatable bonds is 5. The molecule has 6 nitrogen and oxygen atoms in total. The van der Waals surface area contributed by atoms with Gasteiger partial charge in [0.1, 0.15) is 0 Å². The lowest BCUT2D eigenvalue weighted by molar-refractivity contribution is -0.132. The van der Waals surface area contributed by atoms with Crippen molar-refractivity contribution in [2.45, 2.75) is 12.5 Å². The first kappa shape index (κ1) is 14.7. The van der Waals surface area contributed by atoms with E-state index in [1.807, 2.05) is 4.90 Å². The normalized spacial score (nSPS) is 25.5. The minimum absolute atomic E-state index is 0.146. The minimum Gasteiger partial charge on any atom is -0.382 e. The predicted octanol–water partition coefficient (Wildman–Crippen LogP) is -0.844. The van der Waals surface area contributed by atoms with Gasteiger partial charge in [0, 0.05) is 59.3 Å². The van der Waals surface area contributed by atoms with E-state index in [4.69, 9.17) is 9.47 Å². The van der Waals surface area contributed by atoms with Gasteiger partial charge in [0.15, 0.2) is 0 Å². The molecule has 19 heavy (non-hydrogen) atoms. The van der Waals surface area contributed by atoms with Gasteiger partial charge in [-0.3, -0.25) is 9.69 Å². The SMILES string of the molecule is COCC1CN(CCC(=O)N2CCNCC2)CCO1. The predicted molar refractivity (Wildman–Crippen MR) is 72.1 cm³/mol. The zero-order valence-corrected chi connectivity index (χ0v) is 11.8. The third-order valence-electron chi connectivity index (χ3n) is 3.69. The van der Waals surface area contributed by atoms with E-state index in [1.165, 1.54) is 0 Å². The summed E-state index contributed by atoms with van der Waals surface area (Å²) < 4.78 is 10.7. The molecule has 2 rings (SSSR count). The highest BCUT2D eigenvalue weighted by Gasteiger charge is 2.22. The summed E-state index contributed by atoms with van der Waals surface area (Å²) in [5.41, 5.74) is 0. The molecule has 6 heteroatoms. The Morgan fingerprint density at radius 1 is 1.37 bits per heavy atom. The van der Waals surface area contributed by atoms with Gasteiger partial charge in [-0.25, -0.2) is 0 Å². The molecule has 1 atom stereocenters. The average Bonchev–Trinajstić information content (AvgIpc) is 2.46. The van der Waals surface area contributed by atoms with Gasteiger partial charge in [-0.15, -0.1) is 0 Å². The van der Waals surface area contributed by atoms with Crippen molar-refractivity contribution in [1.29, 1.82) is 0 Å². The number of nitrogens with one attached hydrogen (secondary N) is 1. The Balaban J connectivity index is 1.67. The van der Waals surface area contributed by atoms with Crippen LogP contribution in [-0.4, -0.2) is 87.9 Å². The van der Waals surface area contributed by atoms with Crippen molar-refractivity contribution in [1.82, 2.24) is 15.1 Å². The third kappa shape index (κ3) is 4.72. The van der Waals surface area contributed by atoms with Crippen molar-refractivity contribution in [2.75, 3.05) is 66.1 Å². The fourth-order valence-electron chi connectivity index (χ4n) is 2.60. The molecule has 0 spiro atoms. The first-order valence-corrected chi connectivity index (χ1v) is 7.11. The Labute approximate surface area is 115 Å². The van der Waals surface area contributed by atoms with Crippen molar-refractivity contribution < 1.29 is 14.3 Å². The summed E-state index contributed by atoms with van der Waals surface area (Å²) in [6.45, 7) is 7.48. The molecule has 0 aromatic heterocycles. The summed E-state index contributed by atoms with van der Waals surface area (Å²) in [4.78, 5) is 16.3. The number of morpholine rings is 1. The van der Waals surface area contributed by atoms with Crippen molar-refractivity contribution in [3.63, 3.8) is 0 Å². The average molecular weight is 271 g/mol. The number of ether oxygens (including phenoxy) is 2. The number of methoxy groups -OCH3 is 1. The topological polar surface area (TPSA) is 54.0 Å². The summed E-state index contributed by atoms with van der Waals surface area (Å²) >= 11 is 0. The number of nitrogens with zero attached hydrogens (tertiary/aromatic N) is 2. The van der Waals surface area contributed by atoms with E-state index in [2.05, 4.69) is 10.2 Å². The van der Waals surface area contributed by atoms with Crippen LogP contribution >= 0.6 is 0 Å². The standard InChI is InChI=1S/C13H25N3O3/c1-18-11-12-10-15(8-9-19-12)5-2-13(17)16-6-3-14-4-7-16/h12,14H,2-11H2,1H3. The summed E-state index contributed by atoms with van der Waals surface area (Å²) in [6.07, 6.45) is 0.757. The van der Waals surface area contributed by atoms with Crippen molar-refractivity contribution in [3.05, 3.63) is 0 Å². The Morgan fingerprint density at radius 2 is 2.16 bits per heavy atom. The summed E-state index contributed by atoms with van der Waals surface area (Å²) in [7, 11) is 1.69. The van der Waals surface area contributed by atoms with E-state index in [1.54, 1.807) is 7.11 Å². The van der Waals surface area contributed by atoms with Crippen molar-refractivity contribution >= 4 is 5.91 Å². The quantitative estimate of drug-likeness (QED) is 0.706. The second-order valence-corrected chi connectivity index (χ2v) is 5.13. The largest absolute Gasteiger partial charge is 0.382 e. The van der Waals surface area contributed by atoms with Crippen LogP contribution in [0.2, 0.25) is 0 Å². The number of hydrogen-bond acceptors (Lipinski definition) is 5. The Kier molecular flexibility index (Phi) is 6.03. The maximum Gasteiger partial charge on any atom is 0.223 e. The lowest BCUT2D eigenvalue weighted by Crippen LogP contribution is -2.48. The third-order valence-corrected chi connectivity index (χ3v) is 3.69. The van der Waals surface area contributed by atoms with E-state index in [0.717, 1.165) is 52.4 Å². The van der Waals surface area contributed by atoms with Crippen LogP contribution in [0.15, 0.2) is 0 Å². The van der Waals surface area contributed by atoms with Crippen LogP contribution in [0.25, 0.3) is 0 Å². The lowest BCUT2D eigenvalue weighted by atomic mass is 10.2. The van der Waals surface area contributed by atoms with Crippen LogP contribution in [0.1, 0.15) is 6.42 Å². The number of carbonyl (C=O) groups excluding carboxylic acids is 1. The van der Waals surface area contributed by atoms with Crippen molar-refractivity contribution in [2.24, 2.45) is 0 Å². The van der Waals surface area contributed by atoms with Gasteiger partial charge in [0.25, 0.3) is 0 Å². The summed E-state index contributed by atoms with van der Waals surface area (Å²) in [5.74, 6) is 0.274. The second-order valence-electron chi connectivity index (χ2n) is 5.13. The van der Waals surface area contributed by atoms with Crippen LogP contribution in [-0.2, 0) is 14.3 Å². The minimum atomic E-state index is 0.146. The van der Waals surface area contributed by atoms with Crippen LogP contribution < -0.4 is 5.32 Å². The molecule has 1 N–H and O–H groups in total. The molecule has 0 saturated carbocycles. The molecule has 2 saturated heterocycles. The van der Waals surface area contributed by atoms with Gasteiger partial charge >= 0.3 is 0 Å². The summed E-state index contributed by atoms with van der Waals surface area (Å²) in [5, 5.41) is 3.26. The Morgan fingerprint density at radius 3 is 2.89 bits per heavy atom. The van der Waals surface area contributed by atoms with E-state index < -0.39 is 0 Å². The van der Waals surface area contributed by atoms with E-state index in [9.17, 15) is 4.79 Å². The van der Waals surface area contributed by atoms with Gasteiger partial charge in [0.05, 0.1) is 19.3 Å². The number of carbonyl (C=O) groups is 1. The number of hydrogen-bond donors (Lipinski definition) is 1. The maximum absolute atomic E-state index is 12.1. The molecule has 2 aliphatic rings. The number of piperazine rings is 1. The molecule has 2 heterocycles. The van der Waals surface area contributed by atoms with Crippen LogP contribution in [0.3, 0.4) is 0 Å². The van der Waals surface area contributed by atoms with Gasteiger partial charge < -0.3 is 19.7 Å². The molecular weight excluding hydrogens is 246 g/mol. The Hall–Kier alpha value is -0.690. The summed E-state index contributed by atoms with van der Waals surface area (Å²) in [6, 6.07) is 0. The first-order chi connectivity index (χ1) is 9.29. The molecule has 1 amide bonds. The van der Waals surface area contributed by atoms with E-state index in [0.29, 0.717) is 13.0 Å². The van der Waals surface area contributed by atoms with E-state index in [-0.39, 0.29) is 12.0 Å². The molecule has 110 valence electrons.